The van der Waals surface area contributed by atoms with E-state index < -0.39 is 24.1 Å². The quantitative estimate of drug-likeness (QED) is 0.938. The Morgan fingerprint density at radius 3 is 2.40 bits per heavy atom. The first-order valence-electron chi connectivity index (χ1n) is 5.71. The summed E-state index contributed by atoms with van der Waals surface area (Å²) in [5.74, 6) is -1.14. The van der Waals surface area contributed by atoms with Crippen molar-refractivity contribution in [3.05, 3.63) is 53.9 Å². The highest BCUT2D eigenvalue weighted by atomic mass is 19.4. The molecule has 3 nitrogen and oxygen atoms in total. The molecule has 0 saturated carbocycles. The lowest BCUT2D eigenvalue weighted by Crippen LogP contribution is -2.10. The summed E-state index contributed by atoms with van der Waals surface area (Å²) in [7, 11) is 0. The van der Waals surface area contributed by atoms with Crippen LogP contribution in [0.25, 0.3) is 11.1 Å². The van der Waals surface area contributed by atoms with E-state index in [9.17, 15) is 18.0 Å². The number of hydrogen-bond acceptors (Lipinski definition) is 2. The van der Waals surface area contributed by atoms with E-state index in [0.717, 1.165) is 6.07 Å². The SMILES string of the molecule is O=C(O)Cc1ncc(C(F)(F)F)cc1-c1ccccc1. The highest BCUT2D eigenvalue weighted by molar-refractivity contribution is 5.75. The summed E-state index contributed by atoms with van der Waals surface area (Å²) in [5, 5.41) is 8.81. The Bertz CT molecular complexity index is 624. The summed E-state index contributed by atoms with van der Waals surface area (Å²) in [4.78, 5) is 14.4. The fraction of sp³-hybridized carbons (Fsp3) is 0.143. The molecule has 0 amide bonds. The maximum Gasteiger partial charge on any atom is 0.417 e. The molecule has 2 aromatic rings. The summed E-state index contributed by atoms with van der Waals surface area (Å²) >= 11 is 0. The first-order chi connectivity index (χ1) is 9.38. The van der Waals surface area contributed by atoms with Crippen molar-refractivity contribution in [3.63, 3.8) is 0 Å². The fourth-order valence-corrected chi connectivity index (χ4v) is 1.80. The second kappa shape index (κ2) is 5.32. The topological polar surface area (TPSA) is 50.2 Å². The Morgan fingerprint density at radius 2 is 1.85 bits per heavy atom. The minimum atomic E-state index is -4.52. The van der Waals surface area contributed by atoms with Gasteiger partial charge in [-0.1, -0.05) is 30.3 Å². The summed E-state index contributed by atoms with van der Waals surface area (Å²) in [6.07, 6.45) is -4.29. The average molecular weight is 281 g/mol. The molecular formula is C14H10F3NO2. The van der Waals surface area contributed by atoms with Crippen molar-refractivity contribution in [3.8, 4) is 11.1 Å². The van der Waals surface area contributed by atoms with Crippen LogP contribution < -0.4 is 0 Å². The molecule has 6 heteroatoms. The molecule has 1 aromatic heterocycles. The molecule has 0 aliphatic carbocycles. The molecule has 20 heavy (non-hydrogen) atoms. The minimum Gasteiger partial charge on any atom is -0.481 e. The van der Waals surface area contributed by atoms with Crippen molar-refractivity contribution in [1.82, 2.24) is 4.98 Å². The predicted molar refractivity (Wildman–Crippen MR) is 66.0 cm³/mol. The first-order valence-corrected chi connectivity index (χ1v) is 5.71. The van der Waals surface area contributed by atoms with Crippen LogP contribution in [0.3, 0.4) is 0 Å². The van der Waals surface area contributed by atoms with Crippen LogP contribution in [-0.2, 0) is 17.4 Å². The zero-order valence-electron chi connectivity index (χ0n) is 10.2. The number of benzene rings is 1. The Hall–Kier alpha value is -2.37. The van der Waals surface area contributed by atoms with Gasteiger partial charge in [-0.3, -0.25) is 9.78 Å². The molecule has 0 saturated heterocycles. The Labute approximate surface area is 112 Å². The minimum absolute atomic E-state index is 0.108. The van der Waals surface area contributed by atoms with Crippen molar-refractivity contribution in [1.29, 1.82) is 0 Å². The molecule has 0 fully saturated rings. The van der Waals surface area contributed by atoms with Gasteiger partial charge in [-0.15, -0.1) is 0 Å². The lowest BCUT2D eigenvalue weighted by Gasteiger charge is -2.12. The third kappa shape index (κ3) is 3.14. The van der Waals surface area contributed by atoms with E-state index >= 15 is 0 Å². The second-order valence-corrected chi connectivity index (χ2v) is 4.15. The van der Waals surface area contributed by atoms with Crippen LogP contribution in [0.4, 0.5) is 13.2 Å². The number of hydrogen-bond donors (Lipinski definition) is 1. The predicted octanol–water partition coefficient (Wildman–Crippen LogP) is 3.39. The first kappa shape index (κ1) is 14.0. The third-order valence-corrected chi connectivity index (χ3v) is 2.70. The van der Waals surface area contributed by atoms with Crippen molar-refractivity contribution in [2.75, 3.05) is 0 Å². The van der Waals surface area contributed by atoms with Crippen LogP contribution in [0, 0.1) is 0 Å². The number of rotatable bonds is 3. The molecule has 2 rings (SSSR count). The molecular weight excluding hydrogens is 271 g/mol. The summed E-state index contributed by atoms with van der Waals surface area (Å²) in [6.45, 7) is 0. The average Bonchev–Trinajstić information content (AvgIpc) is 2.38. The zero-order valence-corrected chi connectivity index (χ0v) is 10.2. The van der Waals surface area contributed by atoms with E-state index in [1.807, 2.05) is 0 Å². The van der Waals surface area contributed by atoms with Crippen molar-refractivity contribution in [2.45, 2.75) is 12.6 Å². The van der Waals surface area contributed by atoms with E-state index in [4.69, 9.17) is 5.11 Å². The van der Waals surface area contributed by atoms with Crippen LogP contribution in [0.15, 0.2) is 42.6 Å². The zero-order chi connectivity index (χ0) is 14.8. The van der Waals surface area contributed by atoms with Crippen molar-refractivity contribution < 1.29 is 23.1 Å². The number of alkyl halides is 3. The van der Waals surface area contributed by atoms with Crippen LogP contribution in [0.2, 0.25) is 0 Å². The van der Waals surface area contributed by atoms with Gasteiger partial charge in [0.05, 0.1) is 17.7 Å². The van der Waals surface area contributed by atoms with E-state index in [1.54, 1.807) is 30.3 Å². The van der Waals surface area contributed by atoms with E-state index in [-0.39, 0.29) is 11.3 Å². The fourth-order valence-electron chi connectivity index (χ4n) is 1.80. The smallest absolute Gasteiger partial charge is 0.417 e. The van der Waals surface area contributed by atoms with Crippen LogP contribution in [0.5, 0.6) is 0 Å². The standard InChI is InChI=1S/C14H10F3NO2/c15-14(16,17)10-6-11(9-4-2-1-3-5-9)12(18-8-10)7-13(19)20/h1-6,8H,7H2,(H,19,20). The number of carbonyl (C=O) groups is 1. The van der Waals surface area contributed by atoms with Gasteiger partial charge in [0.2, 0.25) is 0 Å². The number of carboxylic acid groups (broad SMARTS) is 1. The molecule has 1 aromatic carbocycles. The second-order valence-electron chi connectivity index (χ2n) is 4.15. The summed E-state index contributed by atoms with van der Waals surface area (Å²) in [6, 6.07) is 9.22. The van der Waals surface area contributed by atoms with Gasteiger partial charge in [-0.2, -0.15) is 13.2 Å². The molecule has 0 atom stereocenters. The molecule has 0 unspecified atom stereocenters. The number of halogens is 3. The summed E-state index contributed by atoms with van der Waals surface area (Å²) in [5.41, 5.74) is -0.104. The molecule has 0 aliphatic heterocycles. The van der Waals surface area contributed by atoms with Gasteiger partial charge in [-0.25, -0.2) is 0 Å². The Balaban J connectivity index is 2.57. The van der Waals surface area contributed by atoms with Gasteiger partial charge in [0, 0.05) is 11.8 Å². The van der Waals surface area contributed by atoms with Gasteiger partial charge in [0.25, 0.3) is 0 Å². The molecule has 0 spiro atoms. The monoisotopic (exact) mass is 281 g/mol. The van der Waals surface area contributed by atoms with Crippen LogP contribution in [0.1, 0.15) is 11.3 Å². The molecule has 0 aliphatic rings. The molecule has 104 valence electrons. The number of pyridine rings is 1. The van der Waals surface area contributed by atoms with Gasteiger partial charge in [0.1, 0.15) is 0 Å². The lowest BCUT2D eigenvalue weighted by atomic mass is 10.0. The van der Waals surface area contributed by atoms with Gasteiger partial charge in [0.15, 0.2) is 0 Å². The van der Waals surface area contributed by atoms with Crippen molar-refractivity contribution >= 4 is 5.97 Å². The van der Waals surface area contributed by atoms with Gasteiger partial charge >= 0.3 is 12.1 Å². The number of aromatic nitrogens is 1. The molecule has 1 heterocycles. The maximum atomic E-state index is 12.7. The van der Waals surface area contributed by atoms with E-state index in [2.05, 4.69) is 4.98 Å². The van der Waals surface area contributed by atoms with E-state index in [1.165, 1.54) is 0 Å². The number of aliphatic carboxylic acids is 1. The third-order valence-electron chi connectivity index (χ3n) is 2.70. The van der Waals surface area contributed by atoms with Gasteiger partial charge in [-0.05, 0) is 11.6 Å². The molecule has 0 bridgehead atoms. The van der Waals surface area contributed by atoms with Crippen molar-refractivity contribution in [2.24, 2.45) is 0 Å². The Kier molecular flexibility index (Phi) is 3.74. The Morgan fingerprint density at radius 1 is 1.20 bits per heavy atom. The normalized spacial score (nSPS) is 11.3. The van der Waals surface area contributed by atoms with Gasteiger partial charge < -0.3 is 5.11 Å². The maximum absolute atomic E-state index is 12.7. The highest BCUT2D eigenvalue weighted by Gasteiger charge is 2.32. The number of nitrogens with zero attached hydrogens (tertiary/aromatic N) is 1. The van der Waals surface area contributed by atoms with Crippen LogP contribution >= 0.6 is 0 Å². The molecule has 0 radical (unpaired) electrons. The largest absolute Gasteiger partial charge is 0.481 e. The highest BCUT2D eigenvalue weighted by Crippen LogP contribution is 2.33. The summed E-state index contributed by atoms with van der Waals surface area (Å²) < 4.78 is 38.2. The molecule has 1 N–H and O–H groups in total. The van der Waals surface area contributed by atoms with E-state index in [0.29, 0.717) is 11.8 Å². The number of carboxylic acids is 1. The van der Waals surface area contributed by atoms with Crippen LogP contribution in [-0.4, -0.2) is 16.1 Å². The lowest BCUT2D eigenvalue weighted by molar-refractivity contribution is -0.137.